The van der Waals surface area contributed by atoms with Gasteiger partial charge in [0.2, 0.25) is 10.0 Å². The van der Waals surface area contributed by atoms with E-state index in [0.29, 0.717) is 28.0 Å². The van der Waals surface area contributed by atoms with Crippen molar-refractivity contribution in [3.05, 3.63) is 48.2 Å². The number of nitrogens with two attached hydrogens (primary N) is 1. The summed E-state index contributed by atoms with van der Waals surface area (Å²) in [6.45, 7) is 3.01. The lowest BCUT2D eigenvalue weighted by Crippen LogP contribution is -2.53. The van der Waals surface area contributed by atoms with Crippen LogP contribution in [-0.2, 0) is 21.3 Å². The van der Waals surface area contributed by atoms with Crippen LogP contribution < -0.4 is 20.5 Å². The Bertz CT molecular complexity index is 1730. The van der Waals surface area contributed by atoms with Crippen molar-refractivity contribution >= 4 is 32.3 Å². The number of sulfonamides is 1. The molecule has 3 aliphatic rings. The van der Waals surface area contributed by atoms with E-state index >= 15 is 0 Å². The van der Waals surface area contributed by atoms with E-state index in [9.17, 15) is 21.6 Å². The Morgan fingerprint density at radius 2 is 1.80 bits per heavy atom. The van der Waals surface area contributed by atoms with Crippen LogP contribution in [0, 0.1) is 17.3 Å². The Labute approximate surface area is 267 Å². The van der Waals surface area contributed by atoms with Crippen molar-refractivity contribution in [1.82, 2.24) is 9.47 Å². The van der Waals surface area contributed by atoms with Gasteiger partial charge in [0.1, 0.15) is 12.3 Å². The van der Waals surface area contributed by atoms with Crippen LogP contribution in [-0.4, -0.2) is 76.1 Å². The lowest BCUT2D eigenvalue weighted by Gasteiger charge is -2.49. The Morgan fingerprint density at radius 3 is 2.43 bits per heavy atom. The van der Waals surface area contributed by atoms with Gasteiger partial charge in [-0.25, -0.2) is 13.6 Å². The maximum Gasteiger partial charge on any atom is 0.406 e. The summed E-state index contributed by atoms with van der Waals surface area (Å²) in [5, 5.41) is 12.6. The van der Waals surface area contributed by atoms with Crippen LogP contribution in [0.25, 0.3) is 10.9 Å². The average molecular weight is 660 g/mol. The molecule has 1 aromatic heterocycles. The quantitative estimate of drug-likeness (QED) is 0.287. The molecular weight excluding hydrogens is 619 g/mol. The van der Waals surface area contributed by atoms with Crippen LogP contribution >= 0.6 is 0 Å². The lowest BCUT2D eigenvalue weighted by atomic mass is 9.76. The molecule has 46 heavy (non-hydrogen) atoms. The van der Waals surface area contributed by atoms with Crippen molar-refractivity contribution in [2.75, 3.05) is 50.6 Å². The molecule has 1 aliphatic carbocycles. The van der Waals surface area contributed by atoms with Crippen LogP contribution in [0.3, 0.4) is 0 Å². The zero-order chi connectivity index (χ0) is 32.5. The third-order valence-corrected chi connectivity index (χ3v) is 10.5. The van der Waals surface area contributed by atoms with Gasteiger partial charge in [0.15, 0.2) is 0 Å². The number of piperidine rings is 1. The van der Waals surface area contributed by atoms with E-state index in [2.05, 4.69) is 27.4 Å². The summed E-state index contributed by atoms with van der Waals surface area (Å²) < 4.78 is 76.3. The second-order valence-electron chi connectivity index (χ2n) is 12.7. The van der Waals surface area contributed by atoms with E-state index in [1.54, 1.807) is 18.2 Å². The Balaban J connectivity index is 1.14. The SMILES string of the molecule is COc1cc(S(N)(=O)=O)ccc1NCC#Cc1cc2c(N[C@H]3CC[C@H](N4CCC5(CC4)COC5)CC3)cccc2n1CC(F)(F)F. The number of aromatic nitrogens is 1. The molecule has 9 nitrogen and oxygen atoms in total. The zero-order valence-corrected chi connectivity index (χ0v) is 26.6. The van der Waals surface area contributed by atoms with Gasteiger partial charge in [0.05, 0.1) is 48.7 Å². The molecule has 13 heteroatoms. The van der Waals surface area contributed by atoms with E-state index in [1.165, 1.54) is 42.7 Å². The molecule has 6 rings (SSSR count). The van der Waals surface area contributed by atoms with E-state index in [0.717, 1.165) is 57.7 Å². The van der Waals surface area contributed by atoms with Gasteiger partial charge in [-0.15, -0.1) is 0 Å². The number of alkyl halides is 3. The highest BCUT2D eigenvalue weighted by Crippen LogP contribution is 2.40. The van der Waals surface area contributed by atoms with Crippen LogP contribution in [0.2, 0.25) is 0 Å². The normalized spacial score (nSPS) is 21.8. The second kappa shape index (κ2) is 13.0. The van der Waals surface area contributed by atoms with E-state index < -0.39 is 22.7 Å². The minimum atomic E-state index is -4.43. The molecule has 4 N–H and O–H groups in total. The molecular formula is C33H40F3N5O4S. The minimum absolute atomic E-state index is 0.0821. The highest BCUT2D eigenvalue weighted by molar-refractivity contribution is 7.89. The highest BCUT2D eigenvalue weighted by Gasteiger charge is 2.42. The third-order valence-electron chi connectivity index (χ3n) is 9.62. The first-order valence-corrected chi connectivity index (χ1v) is 17.2. The maximum absolute atomic E-state index is 13.7. The number of nitrogens with one attached hydrogen (secondary N) is 2. The number of anilines is 2. The predicted molar refractivity (Wildman–Crippen MR) is 171 cm³/mol. The van der Waals surface area contributed by atoms with E-state index in [4.69, 9.17) is 14.6 Å². The monoisotopic (exact) mass is 659 g/mol. The molecule has 3 heterocycles. The molecule has 3 fully saturated rings. The van der Waals surface area contributed by atoms with Crippen molar-refractivity contribution in [1.29, 1.82) is 0 Å². The predicted octanol–water partition coefficient (Wildman–Crippen LogP) is 5.16. The zero-order valence-electron chi connectivity index (χ0n) is 25.8. The number of hydrogen-bond donors (Lipinski definition) is 3. The molecule has 2 aromatic carbocycles. The molecule has 0 unspecified atom stereocenters. The first-order valence-electron chi connectivity index (χ1n) is 15.6. The third kappa shape index (κ3) is 7.25. The number of ether oxygens (including phenoxy) is 2. The molecule has 0 atom stereocenters. The van der Waals surface area contributed by atoms with Gasteiger partial charge in [-0.05, 0) is 87.9 Å². The first kappa shape index (κ1) is 32.5. The van der Waals surface area contributed by atoms with E-state index in [-0.39, 0.29) is 28.9 Å². The lowest BCUT2D eigenvalue weighted by molar-refractivity contribution is -0.143. The highest BCUT2D eigenvalue weighted by atomic mass is 32.2. The van der Waals surface area contributed by atoms with Crippen LogP contribution in [0.4, 0.5) is 24.5 Å². The number of halogens is 3. The Morgan fingerprint density at radius 1 is 1.07 bits per heavy atom. The summed E-state index contributed by atoms with van der Waals surface area (Å²) in [4.78, 5) is 2.54. The van der Waals surface area contributed by atoms with E-state index in [1.807, 2.05) is 6.07 Å². The van der Waals surface area contributed by atoms with Gasteiger partial charge in [0.25, 0.3) is 0 Å². The molecule has 0 amide bonds. The van der Waals surface area contributed by atoms with Crippen LogP contribution in [0.5, 0.6) is 5.75 Å². The fourth-order valence-corrected chi connectivity index (χ4v) is 7.51. The van der Waals surface area contributed by atoms with Crippen molar-refractivity contribution in [2.45, 2.75) is 68.2 Å². The van der Waals surface area contributed by atoms with Gasteiger partial charge in [-0.3, -0.25) is 0 Å². The van der Waals surface area contributed by atoms with Crippen molar-refractivity contribution in [2.24, 2.45) is 10.6 Å². The molecule has 248 valence electrons. The smallest absolute Gasteiger partial charge is 0.406 e. The average Bonchev–Trinajstić information content (AvgIpc) is 3.35. The summed E-state index contributed by atoms with van der Waals surface area (Å²) in [5.74, 6) is 6.06. The van der Waals surface area contributed by atoms with Crippen molar-refractivity contribution in [3.63, 3.8) is 0 Å². The maximum atomic E-state index is 13.7. The number of primary sulfonamides is 1. The number of fused-ring (bicyclic) bond motifs is 1. The fourth-order valence-electron chi connectivity index (χ4n) is 6.98. The van der Waals surface area contributed by atoms with Gasteiger partial charge in [0, 0.05) is 34.6 Å². The second-order valence-corrected chi connectivity index (χ2v) is 14.3. The number of benzene rings is 2. The molecule has 0 radical (unpaired) electrons. The molecule has 0 bridgehead atoms. The van der Waals surface area contributed by atoms with Crippen molar-refractivity contribution in [3.8, 4) is 17.6 Å². The van der Waals surface area contributed by atoms with Gasteiger partial charge >= 0.3 is 6.18 Å². The fraction of sp³-hybridized carbons (Fsp3) is 0.515. The number of likely N-dealkylation sites (tertiary alicyclic amines) is 1. The Hall–Kier alpha value is -3.44. The number of methoxy groups -OCH3 is 1. The summed E-state index contributed by atoms with van der Waals surface area (Å²) in [5.41, 5.74) is 2.43. The summed E-state index contributed by atoms with van der Waals surface area (Å²) >= 11 is 0. The summed E-state index contributed by atoms with van der Waals surface area (Å²) in [6, 6.07) is 12.1. The molecule has 1 saturated carbocycles. The molecule has 2 saturated heterocycles. The van der Waals surface area contributed by atoms with Gasteiger partial charge in [-0.1, -0.05) is 12.0 Å². The molecule has 3 aromatic rings. The summed E-state index contributed by atoms with van der Waals surface area (Å²) in [6.07, 6.45) is 2.22. The molecule has 2 aliphatic heterocycles. The van der Waals surface area contributed by atoms with Crippen molar-refractivity contribution < 1.29 is 31.1 Å². The minimum Gasteiger partial charge on any atom is -0.495 e. The largest absolute Gasteiger partial charge is 0.495 e. The first-order chi connectivity index (χ1) is 21.9. The van der Waals surface area contributed by atoms with Gasteiger partial charge in [-0.2, -0.15) is 13.2 Å². The molecule has 1 spiro atoms. The number of rotatable bonds is 8. The van der Waals surface area contributed by atoms with Crippen LogP contribution in [0.15, 0.2) is 47.4 Å². The van der Waals surface area contributed by atoms with Crippen LogP contribution in [0.1, 0.15) is 44.2 Å². The topological polar surface area (TPSA) is 111 Å². The van der Waals surface area contributed by atoms with Gasteiger partial charge < -0.3 is 29.6 Å². The Kier molecular flexibility index (Phi) is 9.17. The number of hydrogen-bond acceptors (Lipinski definition) is 7. The standard InChI is InChI=1S/C33H40F3N5O4S/c1-44-31-19-26(46(37,42)43)11-12-29(31)38-15-3-4-25-18-27-28(5-2-6-30(27)41(25)20-33(34,35)36)39-23-7-9-24(10-8-23)40-16-13-32(14-17-40)21-45-22-32/h2,5-6,11-12,18-19,23-24,38-39H,7-10,13-17,20-22H2,1H3,(H2,37,42,43)/t23-,24-. The summed E-state index contributed by atoms with van der Waals surface area (Å²) in [7, 11) is -2.52. The number of nitrogens with zero attached hydrogens (tertiary/aromatic N) is 2.